The van der Waals surface area contributed by atoms with Crippen LogP contribution in [0.2, 0.25) is 0 Å². The van der Waals surface area contributed by atoms with E-state index < -0.39 is 12.0 Å². The highest BCUT2D eigenvalue weighted by Crippen LogP contribution is 2.36. The van der Waals surface area contributed by atoms with Gasteiger partial charge in [0.1, 0.15) is 0 Å². The molecule has 1 heterocycles. The molecule has 5 heteroatoms. The number of aliphatic hydroxyl groups is 1. The van der Waals surface area contributed by atoms with Crippen LogP contribution in [0.25, 0.3) is 0 Å². The fraction of sp³-hybridized carbons (Fsp3) is 0.889. The number of hydrogen-bond acceptors (Lipinski definition) is 3. The van der Waals surface area contributed by atoms with Gasteiger partial charge in [-0.1, -0.05) is 40.0 Å². The molecule has 1 saturated carbocycles. The lowest BCUT2D eigenvalue weighted by atomic mass is 9.80. The van der Waals surface area contributed by atoms with E-state index in [1.165, 1.54) is 24.2 Å². The summed E-state index contributed by atoms with van der Waals surface area (Å²) in [4.78, 5) is 28.8. The van der Waals surface area contributed by atoms with Crippen molar-refractivity contribution in [1.82, 2.24) is 9.80 Å². The molecule has 0 aromatic heterocycles. The third-order valence-corrected chi connectivity index (χ3v) is 5.87. The van der Waals surface area contributed by atoms with Gasteiger partial charge in [-0.3, -0.25) is 9.69 Å². The minimum atomic E-state index is -0.719. The van der Waals surface area contributed by atoms with Gasteiger partial charge < -0.3 is 10.0 Å². The van der Waals surface area contributed by atoms with Crippen molar-refractivity contribution in [3.05, 3.63) is 0 Å². The van der Waals surface area contributed by atoms with Crippen LogP contribution in [0.4, 0.5) is 4.79 Å². The second-order valence-corrected chi connectivity index (χ2v) is 7.75. The first kappa shape index (κ1) is 18.2. The van der Waals surface area contributed by atoms with E-state index in [0.717, 1.165) is 12.8 Å². The zero-order valence-corrected chi connectivity index (χ0v) is 15.2. The van der Waals surface area contributed by atoms with Crippen molar-refractivity contribution in [2.75, 3.05) is 7.05 Å². The van der Waals surface area contributed by atoms with Gasteiger partial charge in [-0.05, 0) is 31.6 Å². The minimum absolute atomic E-state index is 0.00469. The van der Waals surface area contributed by atoms with Gasteiger partial charge in [0, 0.05) is 7.05 Å². The van der Waals surface area contributed by atoms with E-state index >= 15 is 0 Å². The highest BCUT2D eigenvalue weighted by atomic mass is 16.3. The number of urea groups is 1. The molecule has 3 amide bonds. The van der Waals surface area contributed by atoms with Gasteiger partial charge in [0.25, 0.3) is 0 Å². The van der Waals surface area contributed by atoms with Crippen molar-refractivity contribution in [1.29, 1.82) is 0 Å². The summed E-state index contributed by atoms with van der Waals surface area (Å²) in [5.41, 5.74) is 0. The Kier molecular flexibility index (Phi) is 5.71. The summed E-state index contributed by atoms with van der Waals surface area (Å²) in [6.45, 7) is 7.57. The van der Waals surface area contributed by atoms with Gasteiger partial charge in [0.15, 0.2) is 0 Å². The second-order valence-electron chi connectivity index (χ2n) is 7.75. The number of carbonyl (C=O) groups is 2. The normalized spacial score (nSPS) is 29.3. The molecule has 0 bridgehead atoms. The number of likely N-dealkylation sites (N-methyl/N-ethyl adjacent to an activating group) is 1. The Morgan fingerprint density at radius 3 is 2.26 bits per heavy atom. The molecule has 1 N–H and O–H groups in total. The van der Waals surface area contributed by atoms with Crippen molar-refractivity contribution in [3.8, 4) is 0 Å². The predicted molar refractivity (Wildman–Crippen MR) is 89.8 cm³/mol. The molecule has 1 saturated heterocycles. The zero-order valence-electron chi connectivity index (χ0n) is 15.2. The van der Waals surface area contributed by atoms with Crippen LogP contribution in [0.15, 0.2) is 0 Å². The molecule has 0 spiro atoms. The minimum Gasteiger partial charge on any atom is -0.392 e. The van der Waals surface area contributed by atoms with Crippen molar-refractivity contribution in [2.24, 2.45) is 17.8 Å². The summed E-state index contributed by atoms with van der Waals surface area (Å²) < 4.78 is 0. The maximum Gasteiger partial charge on any atom is 0.327 e. The standard InChI is InChI=1S/C18H32N2O3/c1-11(2)16(21)12(3)17(22)20-15(13(4)19(5)18(20)23)14-9-7-6-8-10-14/h11-16,21H,6-10H2,1-5H3/t12-,13+,15+,16+/m1/s1. The van der Waals surface area contributed by atoms with E-state index in [-0.39, 0.29) is 29.9 Å². The SMILES string of the molecule is CC(C)[C@H](O)[C@@H](C)C(=O)N1C(=O)N(C)[C@@H](C)[C@H]1C1CCCCC1. The van der Waals surface area contributed by atoms with Gasteiger partial charge in [-0.25, -0.2) is 4.79 Å². The summed E-state index contributed by atoms with van der Waals surface area (Å²) in [6, 6.07) is -0.221. The summed E-state index contributed by atoms with van der Waals surface area (Å²) in [6.07, 6.45) is 5.05. The number of imide groups is 1. The van der Waals surface area contributed by atoms with E-state index in [2.05, 4.69) is 0 Å². The number of rotatable bonds is 4. The lowest BCUT2D eigenvalue weighted by Gasteiger charge is -2.35. The van der Waals surface area contributed by atoms with Crippen molar-refractivity contribution < 1.29 is 14.7 Å². The first-order chi connectivity index (χ1) is 10.8. The molecule has 1 aliphatic heterocycles. The van der Waals surface area contributed by atoms with Crippen LogP contribution in [0, 0.1) is 17.8 Å². The van der Waals surface area contributed by atoms with Crippen LogP contribution < -0.4 is 0 Å². The van der Waals surface area contributed by atoms with Gasteiger partial charge in [0.2, 0.25) is 5.91 Å². The Morgan fingerprint density at radius 1 is 1.17 bits per heavy atom. The smallest absolute Gasteiger partial charge is 0.327 e. The van der Waals surface area contributed by atoms with Crippen molar-refractivity contribution in [2.45, 2.75) is 78.0 Å². The Labute approximate surface area is 140 Å². The fourth-order valence-electron chi connectivity index (χ4n) is 4.18. The largest absolute Gasteiger partial charge is 0.392 e. The molecule has 2 rings (SSSR count). The Hall–Kier alpha value is -1.10. The second kappa shape index (κ2) is 7.20. The number of hydrogen-bond donors (Lipinski definition) is 1. The van der Waals surface area contributed by atoms with Crippen LogP contribution >= 0.6 is 0 Å². The number of amides is 3. The maximum atomic E-state index is 13.0. The molecule has 0 unspecified atom stereocenters. The highest BCUT2D eigenvalue weighted by Gasteiger charge is 2.49. The number of carbonyl (C=O) groups excluding carboxylic acids is 2. The van der Waals surface area contributed by atoms with Crippen molar-refractivity contribution in [3.63, 3.8) is 0 Å². The Morgan fingerprint density at radius 2 is 1.74 bits per heavy atom. The summed E-state index contributed by atoms with van der Waals surface area (Å²) in [5.74, 6) is -0.387. The molecule has 1 aliphatic carbocycles. The van der Waals surface area contributed by atoms with Gasteiger partial charge in [0.05, 0.1) is 24.1 Å². The maximum absolute atomic E-state index is 13.0. The van der Waals surface area contributed by atoms with Gasteiger partial charge >= 0.3 is 6.03 Å². The van der Waals surface area contributed by atoms with E-state index in [1.54, 1.807) is 18.9 Å². The molecule has 132 valence electrons. The van der Waals surface area contributed by atoms with Crippen LogP contribution in [0.5, 0.6) is 0 Å². The first-order valence-electron chi connectivity index (χ1n) is 9.05. The molecule has 2 aliphatic rings. The van der Waals surface area contributed by atoms with Gasteiger partial charge in [-0.15, -0.1) is 0 Å². The molecule has 0 aromatic carbocycles. The predicted octanol–water partition coefficient (Wildman–Crippen LogP) is 2.87. The van der Waals surface area contributed by atoms with Crippen LogP contribution in [-0.2, 0) is 4.79 Å². The molecular weight excluding hydrogens is 292 g/mol. The van der Waals surface area contributed by atoms with Crippen LogP contribution in [-0.4, -0.2) is 52.1 Å². The zero-order chi connectivity index (χ0) is 17.3. The Bertz CT molecular complexity index is 446. The topological polar surface area (TPSA) is 60.9 Å². The fourth-order valence-corrected chi connectivity index (χ4v) is 4.18. The van der Waals surface area contributed by atoms with Gasteiger partial charge in [-0.2, -0.15) is 0 Å². The van der Waals surface area contributed by atoms with E-state index in [4.69, 9.17) is 0 Å². The Balaban J connectivity index is 2.24. The molecular formula is C18H32N2O3. The van der Waals surface area contributed by atoms with E-state index in [0.29, 0.717) is 5.92 Å². The molecule has 0 radical (unpaired) electrons. The summed E-state index contributed by atoms with van der Waals surface area (Å²) in [5, 5.41) is 10.3. The monoisotopic (exact) mass is 324 g/mol. The molecule has 0 aromatic rings. The average molecular weight is 324 g/mol. The highest BCUT2D eigenvalue weighted by molar-refractivity contribution is 5.97. The third-order valence-electron chi connectivity index (χ3n) is 5.87. The molecule has 2 fully saturated rings. The van der Waals surface area contributed by atoms with Crippen LogP contribution in [0.1, 0.15) is 59.8 Å². The van der Waals surface area contributed by atoms with Crippen molar-refractivity contribution >= 4 is 11.9 Å². The summed E-state index contributed by atoms with van der Waals surface area (Å²) >= 11 is 0. The number of aliphatic hydroxyl groups excluding tert-OH is 1. The summed E-state index contributed by atoms with van der Waals surface area (Å²) in [7, 11) is 1.78. The number of nitrogens with zero attached hydrogens (tertiary/aromatic N) is 2. The molecule has 23 heavy (non-hydrogen) atoms. The van der Waals surface area contributed by atoms with E-state index in [9.17, 15) is 14.7 Å². The quantitative estimate of drug-likeness (QED) is 0.865. The molecule has 4 atom stereocenters. The molecule has 5 nitrogen and oxygen atoms in total. The lowest BCUT2D eigenvalue weighted by Crippen LogP contribution is -2.50. The lowest BCUT2D eigenvalue weighted by molar-refractivity contribution is -0.138. The third kappa shape index (κ3) is 3.39. The average Bonchev–Trinajstić information content (AvgIpc) is 2.77. The first-order valence-corrected chi connectivity index (χ1v) is 9.05. The van der Waals surface area contributed by atoms with Crippen LogP contribution in [0.3, 0.4) is 0 Å². The van der Waals surface area contributed by atoms with E-state index in [1.807, 2.05) is 20.8 Å².